The minimum absolute atomic E-state index is 0.492. The van der Waals surface area contributed by atoms with Crippen LogP contribution in [0.5, 0.6) is 5.75 Å². The summed E-state index contributed by atoms with van der Waals surface area (Å²) in [6.45, 7) is 3.93. The molecule has 2 N–H and O–H groups in total. The number of hydrogen-bond donors (Lipinski definition) is 2. The highest BCUT2D eigenvalue weighted by molar-refractivity contribution is 5.28. The van der Waals surface area contributed by atoms with Crippen molar-refractivity contribution in [1.82, 2.24) is 10.3 Å². The zero-order valence-electron chi connectivity index (χ0n) is 12.3. The first-order valence-corrected chi connectivity index (χ1v) is 7.31. The summed E-state index contributed by atoms with van der Waals surface area (Å²) in [4.78, 5) is 4.23. The number of pyridine rings is 1. The molecule has 2 aromatic rings. The Labute approximate surface area is 125 Å². The van der Waals surface area contributed by atoms with Gasteiger partial charge in [0.25, 0.3) is 0 Å². The Morgan fingerprint density at radius 3 is 2.67 bits per heavy atom. The van der Waals surface area contributed by atoms with Crippen molar-refractivity contribution in [1.29, 1.82) is 0 Å². The van der Waals surface area contributed by atoms with Gasteiger partial charge in [0.1, 0.15) is 5.75 Å². The molecule has 0 radical (unpaired) electrons. The van der Waals surface area contributed by atoms with E-state index >= 15 is 0 Å². The lowest BCUT2D eigenvalue weighted by atomic mass is 10.1. The minimum Gasteiger partial charge on any atom is -0.494 e. The number of nitrogens with one attached hydrogen (secondary N) is 1. The van der Waals surface area contributed by atoms with Gasteiger partial charge in [-0.3, -0.25) is 4.98 Å². The van der Waals surface area contributed by atoms with E-state index in [1.165, 1.54) is 0 Å². The first kappa shape index (κ1) is 15.5. The summed E-state index contributed by atoms with van der Waals surface area (Å²) in [5, 5.41) is 13.3. The molecular weight excluding hydrogens is 264 g/mol. The fraction of sp³-hybridized carbons (Fsp3) is 0.353. The Balaban J connectivity index is 1.78. The summed E-state index contributed by atoms with van der Waals surface area (Å²) >= 11 is 0. The Morgan fingerprint density at radius 1 is 1.19 bits per heavy atom. The highest BCUT2D eigenvalue weighted by atomic mass is 16.5. The van der Waals surface area contributed by atoms with Crippen molar-refractivity contribution in [3.05, 3.63) is 59.9 Å². The molecule has 1 unspecified atom stereocenters. The van der Waals surface area contributed by atoms with E-state index in [0.717, 1.165) is 23.4 Å². The second-order valence-electron chi connectivity index (χ2n) is 4.89. The van der Waals surface area contributed by atoms with Crippen molar-refractivity contribution in [3.63, 3.8) is 0 Å². The third kappa shape index (κ3) is 5.17. The fourth-order valence-electron chi connectivity index (χ4n) is 1.96. The van der Waals surface area contributed by atoms with Gasteiger partial charge in [0, 0.05) is 19.3 Å². The molecule has 0 saturated carbocycles. The van der Waals surface area contributed by atoms with Gasteiger partial charge in [-0.25, -0.2) is 0 Å². The number of aromatic nitrogens is 1. The molecule has 0 bridgehead atoms. The number of aliphatic hydroxyl groups is 1. The number of hydrogen-bond acceptors (Lipinski definition) is 4. The first-order chi connectivity index (χ1) is 10.3. The van der Waals surface area contributed by atoms with Crippen LogP contribution in [0.4, 0.5) is 0 Å². The Hall–Kier alpha value is -1.91. The highest BCUT2D eigenvalue weighted by Gasteiger charge is 2.07. The molecule has 0 amide bonds. The van der Waals surface area contributed by atoms with Crippen molar-refractivity contribution in [3.8, 4) is 5.75 Å². The zero-order valence-corrected chi connectivity index (χ0v) is 12.3. The molecule has 4 nitrogen and oxygen atoms in total. The first-order valence-electron chi connectivity index (χ1n) is 7.31. The molecular formula is C17H22N2O2. The maximum absolute atomic E-state index is 10.1. The average molecular weight is 286 g/mol. The predicted molar refractivity (Wildman–Crippen MR) is 83.1 cm³/mol. The summed E-state index contributed by atoms with van der Waals surface area (Å²) in [5.74, 6) is 0.842. The van der Waals surface area contributed by atoms with Crippen molar-refractivity contribution in [2.24, 2.45) is 0 Å². The lowest BCUT2D eigenvalue weighted by molar-refractivity contribution is 0.174. The normalized spacial score (nSPS) is 12.1. The number of ether oxygens (including phenoxy) is 1. The molecule has 4 heteroatoms. The molecule has 0 saturated heterocycles. The molecule has 1 aromatic carbocycles. The molecule has 2 rings (SSSR count). The largest absolute Gasteiger partial charge is 0.494 e. The van der Waals surface area contributed by atoms with E-state index in [0.29, 0.717) is 19.7 Å². The number of aliphatic hydroxyl groups excluding tert-OH is 1. The van der Waals surface area contributed by atoms with Crippen LogP contribution in [0.25, 0.3) is 0 Å². The molecule has 0 aliphatic heterocycles. The van der Waals surface area contributed by atoms with Crippen molar-refractivity contribution >= 4 is 0 Å². The standard InChI is InChI=1S/C17H22N2O2/c1-2-11-21-16-8-6-14(7-9-16)17(20)13-18-12-15-5-3-4-10-19-15/h3-10,17-18,20H,2,11-13H2,1H3. The van der Waals surface area contributed by atoms with E-state index < -0.39 is 6.10 Å². The summed E-state index contributed by atoms with van der Waals surface area (Å²) < 4.78 is 5.52. The topological polar surface area (TPSA) is 54.4 Å². The summed E-state index contributed by atoms with van der Waals surface area (Å²) in [6, 6.07) is 13.4. The van der Waals surface area contributed by atoms with Crippen LogP contribution in [0, 0.1) is 0 Å². The van der Waals surface area contributed by atoms with Gasteiger partial charge in [0.15, 0.2) is 0 Å². The summed E-state index contributed by atoms with van der Waals surface area (Å²) in [6.07, 6.45) is 2.22. The van der Waals surface area contributed by atoms with Gasteiger partial charge < -0.3 is 15.2 Å². The van der Waals surface area contributed by atoms with Crippen LogP contribution in [0.2, 0.25) is 0 Å². The van der Waals surface area contributed by atoms with Crippen molar-refractivity contribution < 1.29 is 9.84 Å². The smallest absolute Gasteiger partial charge is 0.119 e. The third-order valence-corrected chi connectivity index (χ3v) is 3.11. The lowest BCUT2D eigenvalue weighted by Gasteiger charge is -2.13. The van der Waals surface area contributed by atoms with Crippen molar-refractivity contribution in [2.75, 3.05) is 13.2 Å². The summed E-state index contributed by atoms with van der Waals surface area (Å²) in [5.41, 5.74) is 1.85. The fourth-order valence-corrected chi connectivity index (χ4v) is 1.96. The quantitative estimate of drug-likeness (QED) is 0.783. The number of rotatable bonds is 8. The SMILES string of the molecule is CCCOc1ccc(C(O)CNCc2ccccn2)cc1. The van der Waals surface area contributed by atoms with Crippen LogP contribution >= 0.6 is 0 Å². The van der Waals surface area contributed by atoms with E-state index in [1.54, 1.807) is 6.20 Å². The maximum atomic E-state index is 10.1. The number of benzene rings is 1. The molecule has 0 spiro atoms. The minimum atomic E-state index is -0.533. The third-order valence-electron chi connectivity index (χ3n) is 3.11. The molecule has 0 fully saturated rings. The lowest BCUT2D eigenvalue weighted by Crippen LogP contribution is -2.21. The van der Waals surface area contributed by atoms with Gasteiger partial charge in [-0.2, -0.15) is 0 Å². The van der Waals surface area contributed by atoms with E-state index in [1.807, 2.05) is 42.5 Å². The van der Waals surface area contributed by atoms with Crippen LogP contribution in [-0.4, -0.2) is 23.2 Å². The van der Waals surface area contributed by atoms with Gasteiger partial charge >= 0.3 is 0 Å². The Kier molecular flexibility index (Phi) is 6.19. The molecule has 0 aliphatic carbocycles. The second-order valence-corrected chi connectivity index (χ2v) is 4.89. The Bertz CT molecular complexity index is 514. The Morgan fingerprint density at radius 2 is 2.00 bits per heavy atom. The van der Waals surface area contributed by atoms with Crippen LogP contribution in [0.3, 0.4) is 0 Å². The van der Waals surface area contributed by atoms with Gasteiger partial charge in [-0.1, -0.05) is 25.1 Å². The van der Waals surface area contributed by atoms with Gasteiger partial charge in [-0.15, -0.1) is 0 Å². The number of nitrogens with zero attached hydrogens (tertiary/aromatic N) is 1. The van der Waals surface area contributed by atoms with Gasteiger partial charge in [0.05, 0.1) is 18.4 Å². The molecule has 112 valence electrons. The van der Waals surface area contributed by atoms with Crippen LogP contribution < -0.4 is 10.1 Å². The monoisotopic (exact) mass is 286 g/mol. The maximum Gasteiger partial charge on any atom is 0.119 e. The van der Waals surface area contributed by atoms with E-state index in [2.05, 4.69) is 17.2 Å². The van der Waals surface area contributed by atoms with Gasteiger partial charge in [-0.05, 0) is 36.2 Å². The molecule has 1 atom stereocenters. The van der Waals surface area contributed by atoms with Crippen LogP contribution in [-0.2, 0) is 6.54 Å². The zero-order chi connectivity index (χ0) is 14.9. The van der Waals surface area contributed by atoms with Crippen LogP contribution in [0.15, 0.2) is 48.7 Å². The van der Waals surface area contributed by atoms with E-state index in [4.69, 9.17) is 4.74 Å². The van der Waals surface area contributed by atoms with E-state index in [-0.39, 0.29) is 0 Å². The van der Waals surface area contributed by atoms with Gasteiger partial charge in [0.2, 0.25) is 0 Å². The predicted octanol–water partition coefficient (Wildman–Crippen LogP) is 2.69. The highest BCUT2D eigenvalue weighted by Crippen LogP contribution is 2.17. The van der Waals surface area contributed by atoms with Crippen molar-refractivity contribution in [2.45, 2.75) is 26.0 Å². The molecule has 1 heterocycles. The average Bonchev–Trinajstić information content (AvgIpc) is 2.54. The molecule has 21 heavy (non-hydrogen) atoms. The second kappa shape index (κ2) is 8.39. The van der Waals surface area contributed by atoms with Crippen LogP contribution in [0.1, 0.15) is 30.7 Å². The molecule has 1 aromatic heterocycles. The molecule has 0 aliphatic rings. The summed E-state index contributed by atoms with van der Waals surface area (Å²) in [7, 11) is 0. The van der Waals surface area contributed by atoms with E-state index in [9.17, 15) is 5.11 Å².